The van der Waals surface area contributed by atoms with Crippen LogP contribution < -0.4 is 5.73 Å². The van der Waals surface area contributed by atoms with Gasteiger partial charge in [-0.15, -0.1) is 0 Å². The van der Waals surface area contributed by atoms with Crippen molar-refractivity contribution in [1.82, 2.24) is 4.90 Å². The van der Waals surface area contributed by atoms with E-state index in [1.807, 2.05) is 6.26 Å². The number of hydrogen-bond acceptors (Lipinski definition) is 3. The second-order valence-electron chi connectivity index (χ2n) is 4.78. The number of likely N-dealkylation sites (N-methyl/N-ethyl adjacent to an activating group) is 1. The van der Waals surface area contributed by atoms with Crippen LogP contribution in [0.15, 0.2) is 24.3 Å². The molecule has 0 heterocycles. The van der Waals surface area contributed by atoms with Gasteiger partial charge in [0.25, 0.3) is 0 Å². The molecule has 0 aliphatic heterocycles. The van der Waals surface area contributed by atoms with Crippen molar-refractivity contribution < 1.29 is 18.0 Å². The zero-order valence-corrected chi connectivity index (χ0v) is 12.8. The Morgan fingerprint density at radius 2 is 2.10 bits per heavy atom. The normalized spacial score (nSPS) is 13.0. The van der Waals surface area contributed by atoms with E-state index in [2.05, 4.69) is 0 Å². The number of nitrogens with zero attached hydrogens (tertiary/aromatic N) is 1. The first-order valence-electron chi connectivity index (χ1n) is 6.41. The van der Waals surface area contributed by atoms with Gasteiger partial charge < -0.3 is 10.6 Å². The van der Waals surface area contributed by atoms with Crippen LogP contribution in [-0.4, -0.2) is 35.9 Å². The standard InChI is InChI=1S/C14H19F3N2OS/c1-19(13(20)12(18)6-7-21-2)9-10-4-3-5-11(8-10)14(15,16)17/h3-5,8,12H,6-7,9,18H2,1-2H3/t12-/m0/s1. The first kappa shape index (κ1) is 17.8. The summed E-state index contributed by atoms with van der Waals surface area (Å²) in [7, 11) is 1.54. The van der Waals surface area contributed by atoms with Gasteiger partial charge in [-0.05, 0) is 36.1 Å². The van der Waals surface area contributed by atoms with Crippen molar-refractivity contribution in [2.75, 3.05) is 19.1 Å². The summed E-state index contributed by atoms with van der Waals surface area (Å²) in [5.74, 6) is 0.506. The summed E-state index contributed by atoms with van der Waals surface area (Å²) in [5.41, 5.74) is 5.49. The van der Waals surface area contributed by atoms with Gasteiger partial charge in [-0.25, -0.2) is 0 Å². The number of carbonyl (C=O) groups excluding carboxylic acids is 1. The molecule has 1 rings (SSSR count). The Labute approximate surface area is 126 Å². The second-order valence-corrected chi connectivity index (χ2v) is 5.77. The summed E-state index contributed by atoms with van der Waals surface area (Å²) in [6, 6.07) is 4.34. The third kappa shape index (κ3) is 5.59. The van der Waals surface area contributed by atoms with Crippen molar-refractivity contribution in [3.63, 3.8) is 0 Å². The molecular weight excluding hydrogens is 301 g/mol. The molecule has 0 saturated heterocycles. The van der Waals surface area contributed by atoms with Crippen LogP contribution >= 0.6 is 11.8 Å². The molecule has 1 aromatic carbocycles. The molecule has 0 aromatic heterocycles. The lowest BCUT2D eigenvalue weighted by Gasteiger charge is -2.21. The number of benzene rings is 1. The van der Waals surface area contributed by atoms with Crippen LogP contribution in [0.4, 0.5) is 13.2 Å². The number of alkyl halides is 3. The Morgan fingerprint density at radius 3 is 2.67 bits per heavy atom. The predicted molar refractivity (Wildman–Crippen MR) is 78.9 cm³/mol. The fraction of sp³-hybridized carbons (Fsp3) is 0.500. The molecule has 3 nitrogen and oxygen atoms in total. The van der Waals surface area contributed by atoms with Crippen molar-refractivity contribution >= 4 is 17.7 Å². The smallest absolute Gasteiger partial charge is 0.340 e. The number of carbonyl (C=O) groups is 1. The molecular formula is C14H19F3N2OS. The average Bonchev–Trinajstić information content (AvgIpc) is 2.43. The molecule has 0 aliphatic rings. The van der Waals surface area contributed by atoms with Crippen molar-refractivity contribution in [2.45, 2.75) is 25.2 Å². The van der Waals surface area contributed by atoms with Gasteiger partial charge in [-0.2, -0.15) is 24.9 Å². The monoisotopic (exact) mass is 320 g/mol. The number of hydrogen-bond donors (Lipinski definition) is 1. The van der Waals surface area contributed by atoms with Gasteiger partial charge in [0.1, 0.15) is 0 Å². The number of thioether (sulfide) groups is 1. The molecule has 7 heteroatoms. The van der Waals surface area contributed by atoms with E-state index >= 15 is 0 Å². The number of rotatable bonds is 6. The molecule has 0 spiro atoms. The van der Waals surface area contributed by atoms with Gasteiger partial charge in [-0.1, -0.05) is 12.1 Å². The average molecular weight is 320 g/mol. The van der Waals surface area contributed by atoms with Gasteiger partial charge in [0, 0.05) is 13.6 Å². The minimum Gasteiger partial charge on any atom is -0.340 e. The Bertz CT molecular complexity index is 480. The molecule has 1 atom stereocenters. The Morgan fingerprint density at radius 1 is 1.43 bits per heavy atom. The molecule has 1 amide bonds. The molecule has 0 saturated carbocycles. The van der Waals surface area contributed by atoms with E-state index in [9.17, 15) is 18.0 Å². The number of amides is 1. The molecule has 0 radical (unpaired) electrons. The fourth-order valence-electron chi connectivity index (χ4n) is 1.85. The first-order chi connectivity index (χ1) is 9.75. The lowest BCUT2D eigenvalue weighted by molar-refractivity contribution is -0.137. The summed E-state index contributed by atoms with van der Waals surface area (Å²) in [4.78, 5) is 13.4. The maximum atomic E-state index is 12.6. The highest BCUT2D eigenvalue weighted by molar-refractivity contribution is 7.98. The summed E-state index contributed by atoms with van der Waals surface area (Å²) >= 11 is 1.59. The van der Waals surface area contributed by atoms with E-state index in [1.165, 1.54) is 11.0 Å². The van der Waals surface area contributed by atoms with Gasteiger partial charge in [-0.3, -0.25) is 4.79 Å². The van der Waals surface area contributed by atoms with Crippen molar-refractivity contribution in [1.29, 1.82) is 0 Å². The van der Waals surface area contributed by atoms with E-state index in [4.69, 9.17) is 5.73 Å². The quantitative estimate of drug-likeness (QED) is 0.877. The van der Waals surface area contributed by atoms with Crippen LogP contribution in [-0.2, 0) is 17.5 Å². The lowest BCUT2D eigenvalue weighted by atomic mass is 10.1. The van der Waals surface area contributed by atoms with E-state index in [0.717, 1.165) is 17.9 Å². The molecule has 0 aliphatic carbocycles. The summed E-state index contributed by atoms with van der Waals surface area (Å²) in [6.07, 6.45) is -1.91. The van der Waals surface area contributed by atoms with Gasteiger partial charge >= 0.3 is 6.18 Å². The maximum absolute atomic E-state index is 12.6. The zero-order valence-electron chi connectivity index (χ0n) is 12.0. The molecule has 0 fully saturated rings. The summed E-state index contributed by atoms with van der Waals surface area (Å²) < 4.78 is 37.9. The van der Waals surface area contributed by atoms with Crippen LogP contribution in [0.25, 0.3) is 0 Å². The van der Waals surface area contributed by atoms with E-state index in [1.54, 1.807) is 24.9 Å². The van der Waals surface area contributed by atoms with Gasteiger partial charge in [0.2, 0.25) is 5.91 Å². The van der Waals surface area contributed by atoms with Crippen LogP contribution in [0.3, 0.4) is 0 Å². The van der Waals surface area contributed by atoms with Crippen molar-refractivity contribution in [2.24, 2.45) is 5.73 Å². The SMILES string of the molecule is CSCC[C@H](N)C(=O)N(C)Cc1cccc(C(F)(F)F)c1. The largest absolute Gasteiger partial charge is 0.416 e. The molecule has 21 heavy (non-hydrogen) atoms. The first-order valence-corrected chi connectivity index (χ1v) is 7.80. The van der Waals surface area contributed by atoms with Crippen LogP contribution in [0.1, 0.15) is 17.5 Å². The zero-order chi connectivity index (χ0) is 16.0. The number of halogens is 3. The molecule has 2 N–H and O–H groups in total. The van der Waals surface area contributed by atoms with Crippen molar-refractivity contribution in [3.05, 3.63) is 35.4 Å². The van der Waals surface area contributed by atoms with Gasteiger partial charge in [0.15, 0.2) is 0 Å². The van der Waals surface area contributed by atoms with E-state index in [0.29, 0.717) is 12.0 Å². The van der Waals surface area contributed by atoms with Crippen LogP contribution in [0, 0.1) is 0 Å². The Balaban J connectivity index is 2.70. The lowest BCUT2D eigenvalue weighted by Crippen LogP contribution is -2.41. The molecule has 0 unspecified atom stereocenters. The minimum atomic E-state index is -4.38. The number of nitrogens with two attached hydrogens (primary N) is 1. The maximum Gasteiger partial charge on any atom is 0.416 e. The van der Waals surface area contributed by atoms with E-state index < -0.39 is 17.8 Å². The fourth-order valence-corrected chi connectivity index (χ4v) is 2.34. The van der Waals surface area contributed by atoms with Crippen molar-refractivity contribution in [3.8, 4) is 0 Å². The summed E-state index contributed by atoms with van der Waals surface area (Å²) in [5, 5.41) is 0. The topological polar surface area (TPSA) is 46.3 Å². The van der Waals surface area contributed by atoms with Crippen LogP contribution in [0.2, 0.25) is 0 Å². The highest BCUT2D eigenvalue weighted by atomic mass is 32.2. The highest BCUT2D eigenvalue weighted by Crippen LogP contribution is 2.29. The third-order valence-electron chi connectivity index (χ3n) is 3.00. The minimum absolute atomic E-state index is 0.107. The van der Waals surface area contributed by atoms with Gasteiger partial charge in [0.05, 0.1) is 11.6 Å². The van der Waals surface area contributed by atoms with Crippen LogP contribution in [0.5, 0.6) is 0 Å². The molecule has 1 aromatic rings. The third-order valence-corrected chi connectivity index (χ3v) is 3.64. The molecule has 118 valence electrons. The second kappa shape index (κ2) is 7.70. The highest BCUT2D eigenvalue weighted by Gasteiger charge is 2.30. The molecule has 0 bridgehead atoms. The Kier molecular flexibility index (Phi) is 6.54. The summed E-state index contributed by atoms with van der Waals surface area (Å²) in [6.45, 7) is 0.107. The Hall–Kier alpha value is -1.21. The van der Waals surface area contributed by atoms with E-state index in [-0.39, 0.29) is 12.5 Å². The predicted octanol–water partition coefficient (Wildman–Crippen LogP) is 2.74.